The van der Waals surface area contributed by atoms with Crippen molar-refractivity contribution < 1.29 is 0 Å². The van der Waals surface area contributed by atoms with Crippen LogP contribution in [-0.4, -0.2) is 4.98 Å². The number of aryl methyl sites for hydroxylation is 1. The summed E-state index contributed by atoms with van der Waals surface area (Å²) < 4.78 is 0. The Hall–Kier alpha value is -1.36. The van der Waals surface area contributed by atoms with E-state index >= 15 is 0 Å². The molecule has 0 fully saturated rings. The minimum absolute atomic E-state index is 0.600. The SMILES string of the molecule is Cc1ncc(C#N)c(C)c1CC(C)C. The summed E-state index contributed by atoms with van der Waals surface area (Å²) in [4.78, 5) is 4.24. The quantitative estimate of drug-likeness (QED) is 0.715. The molecule has 1 aromatic heterocycles. The van der Waals surface area contributed by atoms with Crippen LogP contribution in [0.4, 0.5) is 0 Å². The molecule has 0 aromatic carbocycles. The summed E-state index contributed by atoms with van der Waals surface area (Å²) in [6.45, 7) is 8.37. The predicted octanol–water partition coefficient (Wildman–Crippen LogP) is 2.77. The van der Waals surface area contributed by atoms with Crippen LogP contribution in [-0.2, 0) is 6.42 Å². The van der Waals surface area contributed by atoms with Gasteiger partial charge in [0, 0.05) is 11.9 Å². The first kappa shape index (κ1) is 10.7. The average Bonchev–Trinajstić information content (AvgIpc) is 2.12. The van der Waals surface area contributed by atoms with Gasteiger partial charge in [-0.25, -0.2) is 0 Å². The maximum atomic E-state index is 8.88. The Morgan fingerprint density at radius 1 is 1.43 bits per heavy atom. The van der Waals surface area contributed by atoms with Crippen LogP contribution < -0.4 is 0 Å². The molecule has 0 atom stereocenters. The summed E-state index contributed by atoms with van der Waals surface area (Å²) in [5.74, 6) is 0.600. The number of aromatic nitrogens is 1. The van der Waals surface area contributed by atoms with Gasteiger partial charge in [0.25, 0.3) is 0 Å². The van der Waals surface area contributed by atoms with Crippen molar-refractivity contribution >= 4 is 0 Å². The van der Waals surface area contributed by atoms with Crippen LogP contribution in [0.2, 0.25) is 0 Å². The number of rotatable bonds is 2. The molecular weight excluding hydrogens is 172 g/mol. The molecule has 1 aromatic rings. The fourth-order valence-electron chi connectivity index (χ4n) is 1.59. The first-order valence-corrected chi connectivity index (χ1v) is 4.91. The topological polar surface area (TPSA) is 36.7 Å². The van der Waals surface area contributed by atoms with Gasteiger partial charge in [0.1, 0.15) is 6.07 Å². The van der Waals surface area contributed by atoms with Crippen molar-refractivity contribution in [1.82, 2.24) is 4.98 Å². The molecule has 0 N–H and O–H groups in total. The van der Waals surface area contributed by atoms with Gasteiger partial charge in [-0.05, 0) is 37.3 Å². The van der Waals surface area contributed by atoms with Gasteiger partial charge in [0.05, 0.1) is 5.56 Å². The predicted molar refractivity (Wildman–Crippen MR) is 57.0 cm³/mol. The zero-order valence-electron chi connectivity index (χ0n) is 9.26. The Labute approximate surface area is 85.6 Å². The number of nitriles is 1. The molecule has 0 saturated carbocycles. The first-order chi connectivity index (χ1) is 6.56. The molecule has 14 heavy (non-hydrogen) atoms. The van der Waals surface area contributed by atoms with Crippen molar-refractivity contribution in [2.24, 2.45) is 5.92 Å². The lowest BCUT2D eigenvalue weighted by atomic mass is 9.95. The highest BCUT2D eigenvalue weighted by molar-refractivity contribution is 5.42. The Bertz CT molecular complexity index is 373. The lowest BCUT2D eigenvalue weighted by molar-refractivity contribution is 0.639. The van der Waals surface area contributed by atoms with E-state index in [2.05, 4.69) is 24.9 Å². The Morgan fingerprint density at radius 3 is 2.57 bits per heavy atom. The lowest BCUT2D eigenvalue weighted by Gasteiger charge is -2.12. The average molecular weight is 188 g/mol. The van der Waals surface area contributed by atoms with Gasteiger partial charge in [0.2, 0.25) is 0 Å². The van der Waals surface area contributed by atoms with Crippen LogP contribution in [0.5, 0.6) is 0 Å². The summed E-state index contributed by atoms with van der Waals surface area (Å²) in [6, 6.07) is 2.17. The van der Waals surface area contributed by atoms with E-state index in [0.29, 0.717) is 11.5 Å². The van der Waals surface area contributed by atoms with E-state index in [0.717, 1.165) is 17.7 Å². The third-order valence-corrected chi connectivity index (χ3v) is 2.41. The van der Waals surface area contributed by atoms with Crippen LogP contribution in [0.3, 0.4) is 0 Å². The Morgan fingerprint density at radius 2 is 2.07 bits per heavy atom. The summed E-state index contributed by atoms with van der Waals surface area (Å²) >= 11 is 0. The van der Waals surface area contributed by atoms with E-state index in [1.807, 2.05) is 13.8 Å². The lowest BCUT2D eigenvalue weighted by Crippen LogP contribution is -2.03. The van der Waals surface area contributed by atoms with Crippen LogP contribution in [0.15, 0.2) is 6.20 Å². The molecule has 0 saturated heterocycles. The Balaban J connectivity index is 3.20. The summed E-state index contributed by atoms with van der Waals surface area (Å²) in [7, 11) is 0. The van der Waals surface area contributed by atoms with E-state index in [9.17, 15) is 0 Å². The number of hydrogen-bond donors (Lipinski definition) is 0. The minimum atomic E-state index is 0.600. The van der Waals surface area contributed by atoms with Crippen molar-refractivity contribution in [2.75, 3.05) is 0 Å². The van der Waals surface area contributed by atoms with E-state index in [1.165, 1.54) is 5.56 Å². The zero-order chi connectivity index (χ0) is 10.7. The van der Waals surface area contributed by atoms with Gasteiger partial charge < -0.3 is 0 Å². The van der Waals surface area contributed by atoms with E-state index in [-0.39, 0.29) is 0 Å². The maximum Gasteiger partial charge on any atom is 0.101 e. The number of hydrogen-bond acceptors (Lipinski definition) is 2. The van der Waals surface area contributed by atoms with Crippen LogP contribution >= 0.6 is 0 Å². The number of nitrogens with zero attached hydrogens (tertiary/aromatic N) is 2. The molecule has 0 radical (unpaired) electrons. The van der Waals surface area contributed by atoms with Crippen molar-refractivity contribution in [1.29, 1.82) is 5.26 Å². The number of pyridine rings is 1. The highest BCUT2D eigenvalue weighted by Crippen LogP contribution is 2.18. The minimum Gasteiger partial charge on any atom is -0.260 e. The molecule has 0 aliphatic carbocycles. The molecule has 0 amide bonds. The van der Waals surface area contributed by atoms with Crippen LogP contribution in [0.25, 0.3) is 0 Å². The van der Waals surface area contributed by atoms with Gasteiger partial charge in [-0.1, -0.05) is 13.8 Å². The van der Waals surface area contributed by atoms with E-state index < -0.39 is 0 Å². The fourth-order valence-corrected chi connectivity index (χ4v) is 1.59. The second kappa shape index (κ2) is 4.23. The normalized spacial score (nSPS) is 10.3. The van der Waals surface area contributed by atoms with Crippen LogP contribution in [0, 0.1) is 31.1 Å². The monoisotopic (exact) mass is 188 g/mol. The highest BCUT2D eigenvalue weighted by Gasteiger charge is 2.09. The molecule has 0 aliphatic heterocycles. The highest BCUT2D eigenvalue weighted by atomic mass is 14.7. The summed E-state index contributed by atoms with van der Waals surface area (Å²) in [5.41, 5.74) is 4.08. The molecule has 0 bridgehead atoms. The largest absolute Gasteiger partial charge is 0.260 e. The van der Waals surface area contributed by atoms with Gasteiger partial charge in [-0.2, -0.15) is 5.26 Å². The molecule has 1 rings (SSSR count). The molecule has 1 heterocycles. The maximum absolute atomic E-state index is 8.88. The van der Waals surface area contributed by atoms with Crippen molar-refractivity contribution in [3.05, 3.63) is 28.6 Å². The molecule has 0 unspecified atom stereocenters. The molecule has 2 heteroatoms. The zero-order valence-corrected chi connectivity index (χ0v) is 9.26. The second-order valence-electron chi connectivity index (χ2n) is 4.07. The van der Waals surface area contributed by atoms with Crippen LogP contribution in [0.1, 0.15) is 36.2 Å². The molecule has 2 nitrogen and oxygen atoms in total. The molecular formula is C12H16N2. The summed E-state index contributed by atoms with van der Waals surface area (Å²) in [6.07, 6.45) is 2.66. The van der Waals surface area contributed by atoms with E-state index in [1.54, 1.807) is 6.20 Å². The van der Waals surface area contributed by atoms with E-state index in [4.69, 9.17) is 5.26 Å². The van der Waals surface area contributed by atoms with Gasteiger partial charge in [0.15, 0.2) is 0 Å². The van der Waals surface area contributed by atoms with Gasteiger partial charge in [-0.3, -0.25) is 4.98 Å². The smallest absolute Gasteiger partial charge is 0.101 e. The standard InChI is InChI=1S/C12H16N2/c1-8(2)5-12-9(3)11(6-13)7-14-10(12)4/h7-8H,5H2,1-4H3. The third-order valence-electron chi connectivity index (χ3n) is 2.41. The van der Waals surface area contributed by atoms with Gasteiger partial charge >= 0.3 is 0 Å². The van der Waals surface area contributed by atoms with Gasteiger partial charge in [-0.15, -0.1) is 0 Å². The summed E-state index contributed by atoms with van der Waals surface area (Å²) in [5, 5.41) is 8.88. The fraction of sp³-hybridized carbons (Fsp3) is 0.500. The first-order valence-electron chi connectivity index (χ1n) is 4.91. The third kappa shape index (κ3) is 2.11. The van der Waals surface area contributed by atoms with Crippen molar-refractivity contribution in [3.8, 4) is 6.07 Å². The van der Waals surface area contributed by atoms with Crippen molar-refractivity contribution in [2.45, 2.75) is 34.1 Å². The second-order valence-corrected chi connectivity index (χ2v) is 4.07. The molecule has 0 spiro atoms. The van der Waals surface area contributed by atoms with Crippen molar-refractivity contribution in [3.63, 3.8) is 0 Å². The Kier molecular flexibility index (Phi) is 3.24. The molecule has 74 valence electrons. The molecule has 0 aliphatic rings.